The van der Waals surface area contributed by atoms with Crippen LogP contribution in [0.2, 0.25) is 0 Å². The fourth-order valence-electron chi connectivity index (χ4n) is 0.378. The van der Waals surface area contributed by atoms with Crippen LogP contribution in [0.5, 0.6) is 0 Å². The van der Waals surface area contributed by atoms with E-state index in [-0.39, 0.29) is 12.4 Å². The second kappa shape index (κ2) is 6.26. The zero-order valence-corrected chi connectivity index (χ0v) is 7.39. The highest BCUT2D eigenvalue weighted by Gasteiger charge is 1.92. The first-order valence-corrected chi connectivity index (χ1v) is 3.04. The number of thiocarbonyl (C=S) groups is 1. The second-order valence-corrected chi connectivity index (χ2v) is 2.32. The summed E-state index contributed by atoms with van der Waals surface area (Å²) in [5.74, 6) is 0. The molecule has 0 unspecified atom stereocenters. The van der Waals surface area contributed by atoms with Crippen molar-refractivity contribution in [1.29, 1.82) is 0 Å². The van der Waals surface area contributed by atoms with Crippen molar-refractivity contribution >= 4 is 29.6 Å². The summed E-state index contributed by atoms with van der Waals surface area (Å²) in [7, 11) is 1.99. The first kappa shape index (κ1) is 11.9. The van der Waals surface area contributed by atoms with Gasteiger partial charge in [-0.15, -0.1) is 12.4 Å². The molecule has 2 N–H and O–H groups in total. The van der Waals surface area contributed by atoms with Crippen LogP contribution in [0.25, 0.3) is 0 Å². The van der Waals surface area contributed by atoms with Gasteiger partial charge >= 0.3 is 0 Å². The van der Waals surface area contributed by atoms with Crippen LogP contribution >= 0.6 is 24.6 Å². The van der Waals surface area contributed by atoms with E-state index in [1.54, 1.807) is 0 Å². The monoisotopic (exact) mass is 168 g/mol. The van der Waals surface area contributed by atoms with E-state index >= 15 is 0 Å². The van der Waals surface area contributed by atoms with E-state index in [0.717, 1.165) is 13.1 Å². The normalized spacial score (nSPS) is 8.78. The third-order valence-corrected chi connectivity index (χ3v) is 1.09. The van der Waals surface area contributed by atoms with Gasteiger partial charge in [0.1, 0.15) is 0 Å². The Balaban J connectivity index is 0. The Morgan fingerprint density at radius 3 is 2.22 bits per heavy atom. The van der Waals surface area contributed by atoms with Crippen molar-refractivity contribution in [3.8, 4) is 0 Å². The van der Waals surface area contributed by atoms with E-state index in [1.807, 2.05) is 7.05 Å². The molecule has 0 fully saturated rings. The quantitative estimate of drug-likeness (QED) is 0.628. The van der Waals surface area contributed by atoms with Crippen molar-refractivity contribution in [3.05, 3.63) is 0 Å². The van der Waals surface area contributed by atoms with Gasteiger partial charge in [-0.25, -0.2) is 0 Å². The topological polar surface area (TPSA) is 29.3 Å². The number of likely N-dealkylation sites (N-methyl/N-ethyl adjacent to an activating group) is 1. The standard InChI is InChI=1S/C5H12N2S.ClH/c1-3-7(2)4-5(6)8;/h3-4H2,1-2H3,(H2,6,8);1H. The summed E-state index contributed by atoms with van der Waals surface area (Å²) in [6, 6.07) is 0. The van der Waals surface area contributed by atoms with Gasteiger partial charge in [0.2, 0.25) is 0 Å². The molecule has 2 nitrogen and oxygen atoms in total. The Morgan fingerprint density at radius 2 is 2.11 bits per heavy atom. The predicted octanol–water partition coefficient (Wildman–Crippen LogP) is 0.646. The van der Waals surface area contributed by atoms with Crippen molar-refractivity contribution in [1.82, 2.24) is 4.90 Å². The maximum Gasteiger partial charge on any atom is 0.0869 e. The Hall–Kier alpha value is 0.140. The average Bonchev–Trinajstić information content (AvgIpc) is 1.65. The molecular weight excluding hydrogens is 156 g/mol. The lowest BCUT2D eigenvalue weighted by Gasteiger charge is -2.10. The Morgan fingerprint density at radius 1 is 1.67 bits per heavy atom. The molecule has 0 atom stereocenters. The van der Waals surface area contributed by atoms with Crippen LogP contribution in [0.4, 0.5) is 0 Å². The molecule has 0 aromatic rings. The van der Waals surface area contributed by atoms with E-state index in [4.69, 9.17) is 5.73 Å². The molecule has 0 spiro atoms. The minimum atomic E-state index is 0. The Kier molecular flexibility index (Phi) is 8.27. The Labute approximate surface area is 67.8 Å². The summed E-state index contributed by atoms with van der Waals surface area (Å²) in [6.45, 7) is 3.79. The van der Waals surface area contributed by atoms with Crippen molar-refractivity contribution in [2.75, 3.05) is 20.1 Å². The lowest BCUT2D eigenvalue weighted by molar-refractivity contribution is 0.404. The van der Waals surface area contributed by atoms with E-state index in [2.05, 4.69) is 24.0 Å². The highest BCUT2D eigenvalue weighted by atomic mass is 35.5. The fourth-order valence-corrected chi connectivity index (χ4v) is 0.598. The number of hydrogen-bond donors (Lipinski definition) is 1. The van der Waals surface area contributed by atoms with Crippen molar-refractivity contribution in [3.63, 3.8) is 0 Å². The number of halogens is 1. The molecule has 56 valence electrons. The van der Waals surface area contributed by atoms with E-state index in [9.17, 15) is 0 Å². The molecule has 9 heavy (non-hydrogen) atoms. The molecule has 0 radical (unpaired) electrons. The largest absolute Gasteiger partial charge is 0.392 e. The second-order valence-electron chi connectivity index (χ2n) is 1.80. The maximum absolute atomic E-state index is 5.26. The van der Waals surface area contributed by atoms with Gasteiger partial charge in [0.25, 0.3) is 0 Å². The first-order valence-electron chi connectivity index (χ1n) is 2.63. The minimum Gasteiger partial charge on any atom is -0.392 e. The molecule has 0 aliphatic rings. The summed E-state index contributed by atoms with van der Waals surface area (Å²) in [5, 5.41) is 0. The lowest BCUT2D eigenvalue weighted by atomic mass is 10.5. The maximum atomic E-state index is 5.26. The third-order valence-electron chi connectivity index (χ3n) is 0.966. The van der Waals surface area contributed by atoms with E-state index in [0.29, 0.717) is 4.99 Å². The molecule has 0 aromatic heterocycles. The molecule has 0 saturated heterocycles. The van der Waals surface area contributed by atoms with Gasteiger partial charge in [-0.3, -0.25) is 0 Å². The lowest BCUT2D eigenvalue weighted by Crippen LogP contribution is -2.28. The summed E-state index contributed by atoms with van der Waals surface area (Å²) >= 11 is 4.67. The van der Waals surface area contributed by atoms with E-state index in [1.165, 1.54) is 0 Å². The number of rotatable bonds is 3. The van der Waals surface area contributed by atoms with Crippen LogP contribution in [0.1, 0.15) is 6.92 Å². The van der Waals surface area contributed by atoms with Crippen LogP contribution in [-0.2, 0) is 0 Å². The SMILES string of the molecule is CCN(C)CC(N)=S.Cl. The molecule has 4 heteroatoms. The summed E-state index contributed by atoms with van der Waals surface area (Å²) in [5.41, 5.74) is 5.26. The van der Waals surface area contributed by atoms with Gasteiger partial charge in [0.15, 0.2) is 0 Å². The number of nitrogens with zero attached hydrogens (tertiary/aromatic N) is 1. The van der Waals surface area contributed by atoms with Crippen LogP contribution in [-0.4, -0.2) is 30.0 Å². The minimum absolute atomic E-state index is 0. The molecule has 0 heterocycles. The highest BCUT2D eigenvalue weighted by Crippen LogP contribution is 1.78. The fraction of sp³-hybridized carbons (Fsp3) is 0.800. The van der Waals surface area contributed by atoms with Crippen LogP contribution in [0, 0.1) is 0 Å². The average molecular weight is 169 g/mol. The molecule has 0 amide bonds. The number of nitrogens with two attached hydrogens (primary N) is 1. The molecule has 0 saturated carbocycles. The molecule has 0 bridgehead atoms. The highest BCUT2D eigenvalue weighted by molar-refractivity contribution is 7.80. The summed E-state index contributed by atoms with van der Waals surface area (Å²) in [6.07, 6.45) is 0. The summed E-state index contributed by atoms with van der Waals surface area (Å²) in [4.78, 5) is 2.62. The zero-order valence-electron chi connectivity index (χ0n) is 5.76. The number of hydrogen-bond acceptors (Lipinski definition) is 2. The van der Waals surface area contributed by atoms with Crippen molar-refractivity contribution in [2.24, 2.45) is 5.73 Å². The van der Waals surface area contributed by atoms with Crippen LogP contribution in [0.15, 0.2) is 0 Å². The summed E-state index contributed by atoms with van der Waals surface area (Å²) < 4.78 is 0. The van der Waals surface area contributed by atoms with Gasteiger partial charge in [-0.1, -0.05) is 19.1 Å². The van der Waals surface area contributed by atoms with Crippen LogP contribution in [0.3, 0.4) is 0 Å². The first-order chi connectivity index (χ1) is 3.66. The van der Waals surface area contributed by atoms with Gasteiger partial charge < -0.3 is 10.6 Å². The van der Waals surface area contributed by atoms with Crippen LogP contribution < -0.4 is 5.73 Å². The molecule has 0 aliphatic heterocycles. The molecule has 0 aromatic carbocycles. The van der Waals surface area contributed by atoms with E-state index < -0.39 is 0 Å². The third kappa shape index (κ3) is 8.14. The predicted molar refractivity (Wildman–Crippen MR) is 47.2 cm³/mol. The van der Waals surface area contributed by atoms with Gasteiger partial charge in [-0.05, 0) is 13.6 Å². The molecule has 0 aliphatic carbocycles. The molecule has 0 rings (SSSR count). The molecular formula is C5H13ClN2S. The zero-order chi connectivity index (χ0) is 6.57. The van der Waals surface area contributed by atoms with Gasteiger partial charge in [-0.2, -0.15) is 0 Å². The Bertz CT molecular complexity index is 87.0. The smallest absolute Gasteiger partial charge is 0.0869 e. The van der Waals surface area contributed by atoms with Gasteiger partial charge in [0, 0.05) is 6.54 Å². The van der Waals surface area contributed by atoms with Crippen molar-refractivity contribution < 1.29 is 0 Å². The van der Waals surface area contributed by atoms with Gasteiger partial charge in [0.05, 0.1) is 4.99 Å². The van der Waals surface area contributed by atoms with Crippen molar-refractivity contribution in [2.45, 2.75) is 6.92 Å².